The zero-order chi connectivity index (χ0) is 21.1. The van der Waals surface area contributed by atoms with Crippen LogP contribution in [0.4, 0.5) is 0 Å². The predicted octanol–water partition coefficient (Wildman–Crippen LogP) is 3.72. The van der Waals surface area contributed by atoms with Gasteiger partial charge in [0, 0.05) is 11.1 Å². The first-order valence-corrected chi connectivity index (χ1v) is 9.77. The third-order valence-corrected chi connectivity index (χ3v) is 5.27. The number of hydrogen-bond donors (Lipinski definition) is 1. The topological polar surface area (TPSA) is 72.5 Å². The van der Waals surface area contributed by atoms with Gasteiger partial charge in [0.15, 0.2) is 12.4 Å². The molecule has 1 N–H and O–H groups in total. The lowest BCUT2D eigenvalue weighted by atomic mass is 10.0. The van der Waals surface area contributed by atoms with Crippen LogP contribution in [-0.2, 0) is 16.0 Å². The Labute approximate surface area is 174 Å². The van der Waals surface area contributed by atoms with Gasteiger partial charge in [-0.25, -0.2) is 0 Å². The molecule has 3 aromatic rings. The maximum atomic E-state index is 12.5. The van der Waals surface area contributed by atoms with Crippen LogP contribution in [-0.4, -0.2) is 30.8 Å². The minimum atomic E-state index is -0.656. The summed E-state index contributed by atoms with van der Waals surface area (Å²) >= 11 is 0. The van der Waals surface area contributed by atoms with Crippen molar-refractivity contribution >= 4 is 17.7 Å². The van der Waals surface area contributed by atoms with Crippen molar-refractivity contribution in [2.75, 3.05) is 13.2 Å². The van der Waals surface area contributed by atoms with Crippen molar-refractivity contribution in [3.8, 4) is 11.1 Å². The SMILES string of the molecule is Cc1ccccc1C(=O)NCC(=O)OCC(=O)c1ccc2c(c1)-c1ccccc1C2. The molecule has 0 atom stereocenters. The van der Waals surface area contributed by atoms with E-state index in [-0.39, 0.29) is 24.8 Å². The average Bonchev–Trinajstić information content (AvgIpc) is 3.14. The zero-order valence-corrected chi connectivity index (χ0v) is 16.6. The van der Waals surface area contributed by atoms with E-state index in [1.165, 1.54) is 11.1 Å². The van der Waals surface area contributed by atoms with Gasteiger partial charge in [-0.05, 0) is 53.3 Å². The third kappa shape index (κ3) is 4.01. The third-order valence-electron chi connectivity index (χ3n) is 5.27. The lowest BCUT2D eigenvalue weighted by Gasteiger charge is -2.08. The van der Waals surface area contributed by atoms with Crippen LogP contribution in [0, 0.1) is 6.92 Å². The molecule has 5 nitrogen and oxygen atoms in total. The number of nitrogens with one attached hydrogen (secondary N) is 1. The van der Waals surface area contributed by atoms with Gasteiger partial charge in [0.2, 0.25) is 0 Å². The Balaban J connectivity index is 1.33. The first-order valence-electron chi connectivity index (χ1n) is 9.77. The van der Waals surface area contributed by atoms with E-state index in [2.05, 4.69) is 11.4 Å². The van der Waals surface area contributed by atoms with Crippen LogP contribution in [0.15, 0.2) is 66.7 Å². The second kappa shape index (κ2) is 8.33. The van der Waals surface area contributed by atoms with Crippen molar-refractivity contribution in [2.45, 2.75) is 13.3 Å². The highest BCUT2D eigenvalue weighted by atomic mass is 16.5. The molecular weight excluding hydrogens is 378 g/mol. The van der Waals surface area contributed by atoms with Crippen molar-refractivity contribution < 1.29 is 19.1 Å². The Bertz CT molecular complexity index is 1150. The van der Waals surface area contributed by atoms with Gasteiger partial charge in [-0.3, -0.25) is 14.4 Å². The van der Waals surface area contributed by atoms with E-state index >= 15 is 0 Å². The number of rotatable bonds is 6. The standard InChI is InChI=1S/C25H21NO4/c1-16-6-2-4-8-20(16)25(29)26-14-24(28)30-15-23(27)19-11-10-18-12-17-7-3-5-9-21(17)22(18)13-19/h2-11,13H,12,14-15H2,1H3,(H,26,29). The molecule has 150 valence electrons. The second-order valence-electron chi connectivity index (χ2n) is 7.29. The number of fused-ring (bicyclic) bond motifs is 3. The summed E-state index contributed by atoms with van der Waals surface area (Å²) in [6.07, 6.45) is 0.857. The van der Waals surface area contributed by atoms with Crippen LogP contribution in [0.25, 0.3) is 11.1 Å². The average molecular weight is 399 g/mol. The fourth-order valence-electron chi connectivity index (χ4n) is 3.65. The Kier molecular flexibility index (Phi) is 5.44. The van der Waals surface area contributed by atoms with Crippen molar-refractivity contribution in [3.63, 3.8) is 0 Å². The summed E-state index contributed by atoms with van der Waals surface area (Å²) in [4.78, 5) is 36.6. The Morgan fingerprint density at radius 1 is 0.900 bits per heavy atom. The second-order valence-corrected chi connectivity index (χ2v) is 7.29. The lowest BCUT2D eigenvalue weighted by molar-refractivity contribution is -0.141. The summed E-state index contributed by atoms with van der Waals surface area (Å²) in [5, 5.41) is 2.52. The first kappa shape index (κ1) is 19.6. The molecule has 30 heavy (non-hydrogen) atoms. The number of ether oxygens (including phenoxy) is 1. The Morgan fingerprint density at radius 3 is 2.47 bits per heavy atom. The molecule has 1 aliphatic carbocycles. The van der Waals surface area contributed by atoms with Crippen molar-refractivity contribution in [2.24, 2.45) is 0 Å². The molecule has 0 heterocycles. The van der Waals surface area contributed by atoms with Gasteiger partial charge in [0.25, 0.3) is 5.91 Å². The first-order chi connectivity index (χ1) is 14.5. The number of aryl methyl sites for hydroxylation is 1. The molecule has 4 rings (SSSR count). The molecule has 0 unspecified atom stereocenters. The number of ketones is 1. The minimum absolute atomic E-state index is 0.277. The molecule has 5 heteroatoms. The predicted molar refractivity (Wildman–Crippen MR) is 113 cm³/mol. The van der Waals surface area contributed by atoms with Crippen LogP contribution in [0.5, 0.6) is 0 Å². The van der Waals surface area contributed by atoms with Gasteiger partial charge in [-0.2, -0.15) is 0 Å². The lowest BCUT2D eigenvalue weighted by Crippen LogP contribution is -2.31. The van der Waals surface area contributed by atoms with Gasteiger partial charge in [-0.15, -0.1) is 0 Å². The maximum absolute atomic E-state index is 12.5. The summed E-state index contributed by atoms with van der Waals surface area (Å²) in [7, 11) is 0. The van der Waals surface area contributed by atoms with Crippen LogP contribution in [0.2, 0.25) is 0 Å². The molecule has 0 saturated carbocycles. The van der Waals surface area contributed by atoms with Crippen molar-refractivity contribution in [1.82, 2.24) is 5.32 Å². The fourth-order valence-corrected chi connectivity index (χ4v) is 3.65. The number of Topliss-reactive ketones (excluding diaryl/α,β-unsaturated/α-hetero) is 1. The number of amides is 1. The summed E-state index contributed by atoms with van der Waals surface area (Å²) < 4.78 is 5.06. The van der Waals surface area contributed by atoms with Gasteiger partial charge in [-0.1, -0.05) is 54.6 Å². The minimum Gasteiger partial charge on any atom is -0.456 e. The number of esters is 1. The molecule has 0 aromatic heterocycles. The molecule has 0 radical (unpaired) electrons. The number of carbonyl (C=O) groups is 3. The summed E-state index contributed by atoms with van der Waals surface area (Å²) in [5.41, 5.74) is 6.43. The molecule has 1 amide bonds. The van der Waals surface area contributed by atoms with E-state index in [1.807, 2.05) is 49.4 Å². The van der Waals surface area contributed by atoms with E-state index in [4.69, 9.17) is 4.74 Å². The highest BCUT2D eigenvalue weighted by molar-refractivity contribution is 6.00. The number of benzene rings is 3. The van der Waals surface area contributed by atoms with E-state index in [0.717, 1.165) is 23.1 Å². The molecular formula is C25H21NO4. The molecule has 0 aliphatic heterocycles. The highest BCUT2D eigenvalue weighted by Crippen LogP contribution is 2.36. The van der Waals surface area contributed by atoms with Gasteiger partial charge >= 0.3 is 5.97 Å². The van der Waals surface area contributed by atoms with Crippen LogP contribution in [0.3, 0.4) is 0 Å². The Hall–Kier alpha value is -3.73. The molecule has 0 fully saturated rings. The van der Waals surface area contributed by atoms with E-state index < -0.39 is 5.97 Å². The maximum Gasteiger partial charge on any atom is 0.325 e. The summed E-state index contributed by atoms with van der Waals surface area (Å²) in [6, 6.07) is 20.8. The summed E-state index contributed by atoms with van der Waals surface area (Å²) in [6.45, 7) is 1.17. The zero-order valence-electron chi connectivity index (χ0n) is 16.6. The smallest absolute Gasteiger partial charge is 0.325 e. The Morgan fingerprint density at radius 2 is 1.63 bits per heavy atom. The van der Waals surface area contributed by atoms with Crippen LogP contribution >= 0.6 is 0 Å². The van der Waals surface area contributed by atoms with E-state index in [1.54, 1.807) is 18.2 Å². The largest absolute Gasteiger partial charge is 0.456 e. The molecule has 0 bridgehead atoms. The summed E-state index contributed by atoms with van der Waals surface area (Å²) in [5.74, 6) is -1.29. The van der Waals surface area contributed by atoms with Gasteiger partial charge < -0.3 is 10.1 Å². The van der Waals surface area contributed by atoms with Crippen molar-refractivity contribution in [1.29, 1.82) is 0 Å². The molecule has 1 aliphatic rings. The fraction of sp³-hybridized carbons (Fsp3) is 0.160. The number of carbonyl (C=O) groups excluding carboxylic acids is 3. The number of hydrogen-bond acceptors (Lipinski definition) is 4. The molecule has 0 saturated heterocycles. The van der Waals surface area contributed by atoms with Gasteiger partial charge in [0.05, 0.1) is 0 Å². The van der Waals surface area contributed by atoms with E-state index in [0.29, 0.717) is 11.1 Å². The molecule has 0 spiro atoms. The van der Waals surface area contributed by atoms with E-state index in [9.17, 15) is 14.4 Å². The van der Waals surface area contributed by atoms with Crippen LogP contribution in [0.1, 0.15) is 37.4 Å². The quantitative estimate of drug-likeness (QED) is 0.396. The van der Waals surface area contributed by atoms with Crippen molar-refractivity contribution in [3.05, 3.63) is 94.5 Å². The van der Waals surface area contributed by atoms with Gasteiger partial charge in [0.1, 0.15) is 6.54 Å². The van der Waals surface area contributed by atoms with Crippen LogP contribution < -0.4 is 5.32 Å². The monoisotopic (exact) mass is 399 g/mol. The molecule has 3 aromatic carbocycles. The highest BCUT2D eigenvalue weighted by Gasteiger charge is 2.20. The normalized spacial score (nSPS) is 11.4.